The summed E-state index contributed by atoms with van der Waals surface area (Å²) in [5.74, 6) is -4.16. The first-order valence-electron chi connectivity index (χ1n) is 10.5. The normalized spacial score (nSPS) is 14.1. The van der Waals surface area contributed by atoms with Gasteiger partial charge in [-0.2, -0.15) is 11.8 Å². The maximum absolute atomic E-state index is 12.6. The number of nitrogens with one attached hydrogen (secondary N) is 3. The van der Waals surface area contributed by atoms with Crippen LogP contribution in [0, 0.1) is 0 Å². The van der Waals surface area contributed by atoms with Crippen LogP contribution in [0.5, 0.6) is 0 Å². The molecular formula is C19H35N7O7S. The van der Waals surface area contributed by atoms with Crippen molar-refractivity contribution in [3.8, 4) is 0 Å². The molecule has 4 unspecified atom stereocenters. The number of carbonyl (C=O) groups is 5. The van der Waals surface area contributed by atoms with Gasteiger partial charge < -0.3 is 43.4 Å². The molecule has 0 bridgehead atoms. The van der Waals surface area contributed by atoms with Gasteiger partial charge in [-0.15, -0.1) is 0 Å². The second-order valence-electron chi connectivity index (χ2n) is 7.46. The van der Waals surface area contributed by atoms with Crippen molar-refractivity contribution in [1.29, 1.82) is 0 Å². The van der Waals surface area contributed by atoms with Crippen LogP contribution >= 0.6 is 11.8 Å². The van der Waals surface area contributed by atoms with Crippen LogP contribution in [0.4, 0.5) is 0 Å². The number of aliphatic imine (C=N–C) groups is 1. The van der Waals surface area contributed by atoms with Crippen LogP contribution in [0.15, 0.2) is 4.99 Å². The van der Waals surface area contributed by atoms with Gasteiger partial charge in [0, 0.05) is 13.0 Å². The molecule has 0 aromatic rings. The number of hydrogen-bond acceptors (Lipinski definition) is 8. The highest BCUT2D eigenvalue weighted by atomic mass is 32.2. The third-order valence-electron chi connectivity index (χ3n) is 4.56. The van der Waals surface area contributed by atoms with Crippen molar-refractivity contribution in [2.24, 2.45) is 22.2 Å². The molecule has 15 heteroatoms. The number of guanidine groups is 1. The predicted molar refractivity (Wildman–Crippen MR) is 127 cm³/mol. The zero-order valence-electron chi connectivity index (χ0n) is 19.3. The van der Waals surface area contributed by atoms with Crippen LogP contribution in [-0.2, 0) is 24.0 Å². The summed E-state index contributed by atoms with van der Waals surface area (Å²) in [7, 11) is 0. The lowest BCUT2D eigenvalue weighted by Gasteiger charge is -2.23. The third-order valence-corrected chi connectivity index (χ3v) is 5.21. The van der Waals surface area contributed by atoms with Gasteiger partial charge in [-0.1, -0.05) is 0 Å². The molecule has 0 rings (SSSR count). The summed E-state index contributed by atoms with van der Waals surface area (Å²) in [4.78, 5) is 63.4. The number of rotatable bonds is 17. The minimum Gasteiger partial charge on any atom is -0.481 e. The van der Waals surface area contributed by atoms with Crippen LogP contribution in [0.3, 0.4) is 0 Å². The Bertz CT molecular complexity index is 747. The van der Waals surface area contributed by atoms with Gasteiger partial charge in [0.1, 0.15) is 18.1 Å². The Balaban J connectivity index is 5.05. The van der Waals surface area contributed by atoms with Crippen molar-refractivity contribution in [2.45, 2.75) is 63.2 Å². The zero-order valence-corrected chi connectivity index (χ0v) is 20.1. The number of nitrogens with two attached hydrogens (primary N) is 3. The first kappa shape index (κ1) is 30.9. The lowest BCUT2D eigenvalue weighted by Crippen LogP contribution is -2.56. The Kier molecular flexibility index (Phi) is 15.0. The second kappa shape index (κ2) is 16.5. The molecule has 0 aliphatic heterocycles. The van der Waals surface area contributed by atoms with Crippen LogP contribution in [0.1, 0.15) is 39.0 Å². The van der Waals surface area contributed by atoms with Crippen LogP contribution in [0.2, 0.25) is 0 Å². The van der Waals surface area contributed by atoms with Crippen molar-refractivity contribution < 1.29 is 34.2 Å². The summed E-state index contributed by atoms with van der Waals surface area (Å²) in [5, 5.41) is 25.3. The van der Waals surface area contributed by atoms with E-state index < -0.39 is 60.2 Å². The van der Waals surface area contributed by atoms with Crippen molar-refractivity contribution in [3.63, 3.8) is 0 Å². The zero-order chi connectivity index (χ0) is 26.3. The molecule has 0 spiro atoms. The number of aliphatic carboxylic acids is 2. The molecule has 14 nitrogen and oxygen atoms in total. The Morgan fingerprint density at radius 3 is 2.06 bits per heavy atom. The number of amides is 3. The standard InChI is InChI=1S/C19H35N7O7S/c1-10(15(29)26-13(18(32)33)4-3-8-23-19(21)22)24-17(31)12(5-6-14(27)28)25-16(30)11(20)7-9-34-2/h10-13H,3-9,20H2,1-2H3,(H,24,31)(H,25,30)(H,26,29)(H,27,28)(H,32,33)(H4,21,22,23). The molecule has 0 aromatic heterocycles. The van der Waals surface area contributed by atoms with E-state index in [1.165, 1.54) is 18.7 Å². The third kappa shape index (κ3) is 13.5. The predicted octanol–water partition coefficient (Wildman–Crippen LogP) is -2.46. The molecule has 0 radical (unpaired) electrons. The first-order chi connectivity index (χ1) is 15.9. The van der Waals surface area contributed by atoms with Gasteiger partial charge >= 0.3 is 11.9 Å². The number of carboxylic acid groups (broad SMARTS) is 2. The van der Waals surface area contributed by atoms with Gasteiger partial charge in [0.05, 0.1) is 6.04 Å². The maximum Gasteiger partial charge on any atom is 0.326 e. The highest BCUT2D eigenvalue weighted by Crippen LogP contribution is 2.04. The molecule has 194 valence electrons. The number of carbonyl (C=O) groups excluding carboxylic acids is 3. The Hall–Kier alpha value is -3.07. The van der Waals surface area contributed by atoms with E-state index in [4.69, 9.17) is 22.3 Å². The molecule has 3 amide bonds. The quantitative estimate of drug-likeness (QED) is 0.0584. The van der Waals surface area contributed by atoms with Gasteiger partial charge in [-0.3, -0.25) is 24.2 Å². The summed E-state index contributed by atoms with van der Waals surface area (Å²) >= 11 is 1.49. The van der Waals surface area contributed by atoms with E-state index in [2.05, 4.69) is 20.9 Å². The van der Waals surface area contributed by atoms with Gasteiger partial charge in [0.2, 0.25) is 17.7 Å². The fourth-order valence-corrected chi connectivity index (χ4v) is 3.12. The molecule has 0 saturated carbocycles. The molecule has 0 heterocycles. The smallest absolute Gasteiger partial charge is 0.326 e. The van der Waals surface area contributed by atoms with E-state index in [-0.39, 0.29) is 31.8 Å². The minimum absolute atomic E-state index is 0.0454. The number of thioether (sulfide) groups is 1. The molecule has 34 heavy (non-hydrogen) atoms. The van der Waals surface area contributed by atoms with E-state index in [1.807, 2.05) is 6.26 Å². The van der Waals surface area contributed by atoms with Gasteiger partial charge in [-0.05, 0) is 44.6 Å². The topological polar surface area (TPSA) is 252 Å². The molecule has 0 aliphatic carbocycles. The lowest BCUT2D eigenvalue weighted by molar-refractivity contribution is -0.142. The SMILES string of the molecule is CSCCC(N)C(=O)NC(CCC(=O)O)C(=O)NC(C)C(=O)NC(CCCN=C(N)N)C(=O)O. The summed E-state index contributed by atoms with van der Waals surface area (Å²) in [6, 6.07) is -4.53. The Morgan fingerprint density at radius 1 is 0.912 bits per heavy atom. The fraction of sp³-hybridized carbons (Fsp3) is 0.684. The van der Waals surface area contributed by atoms with E-state index >= 15 is 0 Å². The average molecular weight is 506 g/mol. The minimum atomic E-state index is -1.28. The summed E-state index contributed by atoms with van der Waals surface area (Å²) < 4.78 is 0. The van der Waals surface area contributed by atoms with Crippen LogP contribution in [0.25, 0.3) is 0 Å². The number of nitrogens with zero attached hydrogens (tertiary/aromatic N) is 1. The van der Waals surface area contributed by atoms with Crippen LogP contribution < -0.4 is 33.2 Å². The second-order valence-corrected chi connectivity index (χ2v) is 8.45. The van der Waals surface area contributed by atoms with E-state index in [0.29, 0.717) is 12.2 Å². The highest BCUT2D eigenvalue weighted by molar-refractivity contribution is 7.98. The lowest BCUT2D eigenvalue weighted by atomic mass is 10.1. The highest BCUT2D eigenvalue weighted by Gasteiger charge is 2.28. The first-order valence-corrected chi connectivity index (χ1v) is 11.9. The van der Waals surface area contributed by atoms with Crippen LogP contribution in [-0.4, -0.2) is 88.6 Å². The van der Waals surface area contributed by atoms with E-state index in [0.717, 1.165) is 0 Å². The maximum atomic E-state index is 12.6. The molecule has 11 N–H and O–H groups in total. The van der Waals surface area contributed by atoms with Crippen molar-refractivity contribution in [3.05, 3.63) is 0 Å². The molecule has 0 aliphatic rings. The van der Waals surface area contributed by atoms with Crippen molar-refractivity contribution in [2.75, 3.05) is 18.6 Å². The molecule has 0 aromatic carbocycles. The van der Waals surface area contributed by atoms with Gasteiger partial charge in [0.25, 0.3) is 0 Å². The summed E-state index contributed by atoms with van der Waals surface area (Å²) in [6.07, 6.45) is 1.91. The monoisotopic (exact) mass is 505 g/mol. The Labute approximate surface area is 201 Å². The van der Waals surface area contributed by atoms with E-state index in [9.17, 15) is 29.1 Å². The van der Waals surface area contributed by atoms with Crippen molar-refractivity contribution in [1.82, 2.24) is 16.0 Å². The average Bonchev–Trinajstić information content (AvgIpc) is 2.75. The largest absolute Gasteiger partial charge is 0.481 e. The molecule has 0 fully saturated rings. The molecule has 0 saturated heterocycles. The van der Waals surface area contributed by atoms with E-state index in [1.54, 1.807) is 0 Å². The molecule has 4 atom stereocenters. The summed E-state index contributed by atoms with van der Waals surface area (Å²) in [6.45, 7) is 1.50. The number of carboxylic acids is 2. The number of hydrogen-bond donors (Lipinski definition) is 8. The van der Waals surface area contributed by atoms with Gasteiger partial charge in [0.15, 0.2) is 5.96 Å². The molecular weight excluding hydrogens is 470 g/mol. The van der Waals surface area contributed by atoms with Gasteiger partial charge in [-0.25, -0.2) is 4.79 Å². The van der Waals surface area contributed by atoms with Crippen molar-refractivity contribution >= 4 is 47.4 Å². The fourth-order valence-electron chi connectivity index (χ4n) is 2.63. The summed E-state index contributed by atoms with van der Waals surface area (Å²) in [5.41, 5.74) is 16.2. The Morgan fingerprint density at radius 2 is 1.53 bits per heavy atom.